The first-order chi connectivity index (χ1) is 19.6. The fourth-order valence-electron chi connectivity index (χ4n) is 5.25. The number of methoxy groups -OCH3 is 2. The maximum Gasteiger partial charge on any atom is 0.266 e. The van der Waals surface area contributed by atoms with Crippen molar-refractivity contribution in [1.82, 2.24) is 24.5 Å². The summed E-state index contributed by atoms with van der Waals surface area (Å²) in [5.74, 6) is -1.25. The van der Waals surface area contributed by atoms with Crippen molar-refractivity contribution in [3.63, 3.8) is 0 Å². The number of nitrogens with zero attached hydrogens (tertiary/aromatic N) is 6. The van der Waals surface area contributed by atoms with Crippen molar-refractivity contribution in [2.75, 3.05) is 37.9 Å². The number of fused-ring (bicyclic) bond motifs is 1. The average molecular weight is 577 g/mol. The van der Waals surface area contributed by atoms with E-state index in [0.29, 0.717) is 29.1 Å². The molecule has 1 fully saturated rings. The third kappa shape index (κ3) is 5.11. The molecule has 0 aliphatic carbocycles. The first-order valence-electron chi connectivity index (χ1n) is 12.5. The molecule has 1 aliphatic heterocycles. The van der Waals surface area contributed by atoms with E-state index >= 15 is 4.39 Å². The average Bonchev–Trinajstić information content (AvgIpc) is 3.37. The molecule has 0 saturated carbocycles. The van der Waals surface area contributed by atoms with Crippen LogP contribution in [-0.2, 0) is 11.3 Å². The maximum absolute atomic E-state index is 15.0. The fraction of sp³-hybridized carbons (Fsp3) is 0.385. The molecule has 15 heteroatoms. The van der Waals surface area contributed by atoms with Gasteiger partial charge in [0, 0.05) is 49.2 Å². The Morgan fingerprint density at radius 1 is 1.12 bits per heavy atom. The Hall–Kier alpha value is -4.08. The molecule has 3 aromatic heterocycles. The molecule has 1 unspecified atom stereocenters. The van der Waals surface area contributed by atoms with Crippen LogP contribution in [0.15, 0.2) is 37.1 Å². The Morgan fingerprint density at radius 3 is 2.61 bits per heavy atom. The lowest BCUT2D eigenvalue weighted by molar-refractivity contribution is -0.102. The summed E-state index contributed by atoms with van der Waals surface area (Å²) in [5.41, 5.74) is 11.9. The number of imidazole rings is 1. The van der Waals surface area contributed by atoms with Crippen LogP contribution in [0.2, 0.25) is 0 Å². The number of anilines is 2. The number of aromatic nitrogens is 5. The normalized spacial score (nSPS) is 20.1. The molecule has 0 amide bonds. The van der Waals surface area contributed by atoms with Gasteiger partial charge in [0.1, 0.15) is 29.6 Å². The van der Waals surface area contributed by atoms with E-state index in [1.54, 1.807) is 15.5 Å². The first kappa shape index (κ1) is 28.4. The standard InChI is InChI=1S/C26H28F4N8O3/c1-40-18-7-16(27)15(6-17(18)28)13-5-14(9-38-12-36-20-23(31)34-11-35-25(20)38)24(33-8-13)37-4-3-19(41-2)26(32,10-37)21(39)22(29)30/h5-8,11-12,19,21-22,39H,3-4,9-10,32H2,1-2H3,(H2,31,34,35)/t19?,21-,26+/m1/s1. The molecule has 218 valence electrons. The van der Waals surface area contributed by atoms with Gasteiger partial charge in [0.2, 0.25) is 0 Å². The predicted molar refractivity (Wildman–Crippen MR) is 142 cm³/mol. The molecule has 1 saturated heterocycles. The zero-order chi connectivity index (χ0) is 29.5. The number of nitrogens with two attached hydrogens (primary N) is 2. The number of aliphatic hydroxyl groups is 1. The highest BCUT2D eigenvalue weighted by Crippen LogP contribution is 2.35. The maximum atomic E-state index is 15.0. The number of hydrogen-bond acceptors (Lipinski definition) is 10. The Labute approximate surface area is 231 Å². The molecular weight excluding hydrogens is 548 g/mol. The Balaban J connectivity index is 1.61. The highest BCUT2D eigenvalue weighted by Gasteiger charge is 2.50. The van der Waals surface area contributed by atoms with Gasteiger partial charge in [0.05, 0.1) is 31.6 Å². The number of aliphatic hydroxyl groups excluding tert-OH is 1. The third-order valence-electron chi connectivity index (χ3n) is 7.36. The van der Waals surface area contributed by atoms with Crippen LogP contribution in [-0.4, -0.2) is 81.1 Å². The van der Waals surface area contributed by atoms with Crippen LogP contribution in [0.1, 0.15) is 12.0 Å². The molecule has 11 nitrogen and oxygen atoms in total. The van der Waals surface area contributed by atoms with Crippen LogP contribution in [0.5, 0.6) is 5.75 Å². The molecule has 0 bridgehead atoms. The van der Waals surface area contributed by atoms with Gasteiger partial charge in [-0.05, 0) is 18.6 Å². The first-order valence-corrected chi connectivity index (χ1v) is 12.5. The zero-order valence-corrected chi connectivity index (χ0v) is 22.1. The smallest absolute Gasteiger partial charge is 0.266 e. The number of benzene rings is 1. The number of pyridine rings is 1. The second-order valence-corrected chi connectivity index (χ2v) is 9.80. The second kappa shape index (κ2) is 11.1. The van der Waals surface area contributed by atoms with E-state index in [1.165, 1.54) is 33.1 Å². The number of alkyl halides is 2. The van der Waals surface area contributed by atoms with Crippen LogP contribution >= 0.6 is 0 Å². The molecule has 5 N–H and O–H groups in total. The van der Waals surface area contributed by atoms with Gasteiger partial charge in [-0.15, -0.1) is 0 Å². The van der Waals surface area contributed by atoms with E-state index in [9.17, 15) is 18.3 Å². The summed E-state index contributed by atoms with van der Waals surface area (Å²) in [6, 6.07) is 3.54. The molecule has 0 spiro atoms. The molecule has 3 atom stereocenters. The SMILES string of the molecule is COc1cc(F)c(-c2cnc(N3CCC(OC)[C@](N)([C@H](O)C(F)F)C3)c(Cn3cnc4c(N)ncnc43)c2)cc1F. The summed E-state index contributed by atoms with van der Waals surface area (Å²) in [7, 11) is 2.58. The molecular formula is C26H28F4N8O3. The van der Waals surface area contributed by atoms with Crippen molar-refractivity contribution in [2.45, 2.75) is 37.1 Å². The van der Waals surface area contributed by atoms with Crippen molar-refractivity contribution < 1.29 is 32.1 Å². The van der Waals surface area contributed by atoms with Gasteiger partial charge < -0.3 is 35.5 Å². The predicted octanol–water partition coefficient (Wildman–Crippen LogP) is 2.35. The van der Waals surface area contributed by atoms with Crippen LogP contribution < -0.4 is 21.1 Å². The van der Waals surface area contributed by atoms with Crippen molar-refractivity contribution >= 4 is 22.8 Å². The quantitative estimate of drug-likeness (QED) is 0.267. The molecule has 4 heterocycles. The minimum atomic E-state index is -3.11. The Bertz CT molecular complexity index is 1570. The number of nitrogen functional groups attached to an aromatic ring is 1. The number of halogens is 4. The molecule has 0 radical (unpaired) electrons. The van der Waals surface area contributed by atoms with Crippen LogP contribution in [0.3, 0.4) is 0 Å². The highest BCUT2D eigenvalue weighted by molar-refractivity contribution is 5.81. The minimum absolute atomic E-state index is 0.0648. The van der Waals surface area contributed by atoms with Gasteiger partial charge in [0.25, 0.3) is 6.43 Å². The van der Waals surface area contributed by atoms with Gasteiger partial charge in [0.15, 0.2) is 23.0 Å². The molecule has 5 rings (SSSR count). The van der Waals surface area contributed by atoms with Gasteiger partial charge in [-0.3, -0.25) is 0 Å². The monoisotopic (exact) mass is 576 g/mol. The largest absolute Gasteiger partial charge is 0.494 e. The van der Waals surface area contributed by atoms with Crippen molar-refractivity contribution in [1.29, 1.82) is 0 Å². The summed E-state index contributed by atoms with van der Waals surface area (Å²) in [6.07, 6.45) is -1.79. The van der Waals surface area contributed by atoms with E-state index in [2.05, 4.69) is 19.9 Å². The van der Waals surface area contributed by atoms with E-state index in [1.807, 2.05) is 0 Å². The Kier molecular flexibility index (Phi) is 7.68. The summed E-state index contributed by atoms with van der Waals surface area (Å²) in [4.78, 5) is 18.7. The lowest BCUT2D eigenvalue weighted by Gasteiger charge is -2.48. The zero-order valence-electron chi connectivity index (χ0n) is 22.1. The van der Waals surface area contributed by atoms with Gasteiger partial charge in [-0.1, -0.05) is 0 Å². The molecule has 1 aliphatic rings. The van der Waals surface area contributed by atoms with E-state index in [-0.39, 0.29) is 42.2 Å². The second-order valence-electron chi connectivity index (χ2n) is 9.80. The highest BCUT2D eigenvalue weighted by atomic mass is 19.3. The third-order valence-corrected chi connectivity index (χ3v) is 7.36. The number of rotatable bonds is 8. The van der Waals surface area contributed by atoms with Gasteiger partial charge in [-0.2, -0.15) is 0 Å². The van der Waals surface area contributed by atoms with E-state index in [0.717, 1.165) is 12.1 Å². The molecule has 1 aromatic carbocycles. The number of piperidine rings is 1. The summed E-state index contributed by atoms with van der Waals surface area (Å²) < 4.78 is 68.7. The summed E-state index contributed by atoms with van der Waals surface area (Å²) in [5, 5.41) is 10.4. The summed E-state index contributed by atoms with van der Waals surface area (Å²) in [6.45, 7) is 0.169. The minimum Gasteiger partial charge on any atom is -0.494 e. The Morgan fingerprint density at radius 2 is 1.90 bits per heavy atom. The van der Waals surface area contributed by atoms with E-state index in [4.69, 9.17) is 20.9 Å². The van der Waals surface area contributed by atoms with E-state index < -0.39 is 35.8 Å². The molecule has 4 aromatic rings. The van der Waals surface area contributed by atoms with Crippen LogP contribution in [0.25, 0.3) is 22.3 Å². The summed E-state index contributed by atoms with van der Waals surface area (Å²) >= 11 is 0. The van der Waals surface area contributed by atoms with Gasteiger partial charge >= 0.3 is 0 Å². The van der Waals surface area contributed by atoms with Crippen molar-refractivity contribution in [3.05, 3.63) is 54.2 Å². The fourth-order valence-corrected chi connectivity index (χ4v) is 5.25. The topological polar surface area (TPSA) is 150 Å². The van der Waals surface area contributed by atoms with Crippen molar-refractivity contribution in [3.8, 4) is 16.9 Å². The van der Waals surface area contributed by atoms with Crippen LogP contribution in [0.4, 0.5) is 29.2 Å². The van der Waals surface area contributed by atoms with Gasteiger partial charge in [-0.25, -0.2) is 37.5 Å². The van der Waals surface area contributed by atoms with Crippen molar-refractivity contribution in [2.24, 2.45) is 5.73 Å². The number of hydrogen-bond donors (Lipinski definition) is 3. The lowest BCUT2D eigenvalue weighted by atomic mass is 9.81. The van der Waals surface area contributed by atoms with Crippen LogP contribution in [0, 0.1) is 11.6 Å². The lowest BCUT2D eigenvalue weighted by Crippen LogP contribution is -2.70. The molecule has 41 heavy (non-hydrogen) atoms. The number of ether oxygens (including phenoxy) is 2.